The summed E-state index contributed by atoms with van der Waals surface area (Å²) in [5, 5.41) is 2.30. The maximum Gasteiger partial charge on any atom is 0.338 e. The van der Waals surface area contributed by atoms with Crippen LogP contribution < -0.4 is 10.0 Å². The average molecular weight is 300 g/mol. The Morgan fingerprint density at radius 1 is 1.20 bits per heavy atom. The highest BCUT2D eigenvalue weighted by Crippen LogP contribution is 2.11. The number of carbonyl (C=O) groups is 2. The fraction of sp³-hybridized carbons (Fsp3) is 0.333. The van der Waals surface area contributed by atoms with E-state index in [1.165, 1.54) is 31.3 Å². The fourth-order valence-electron chi connectivity index (χ4n) is 1.32. The Morgan fingerprint density at radius 2 is 1.80 bits per heavy atom. The summed E-state index contributed by atoms with van der Waals surface area (Å²) in [5.74, 6) is -0.966. The zero-order valence-corrected chi connectivity index (χ0v) is 12.0. The molecule has 0 aliphatic carbocycles. The van der Waals surface area contributed by atoms with Gasteiger partial charge in [-0.25, -0.2) is 17.9 Å². The van der Waals surface area contributed by atoms with E-state index in [-0.39, 0.29) is 23.6 Å². The van der Waals surface area contributed by atoms with Crippen molar-refractivity contribution in [3.63, 3.8) is 0 Å². The molecule has 0 atom stereocenters. The third kappa shape index (κ3) is 4.32. The molecule has 1 amide bonds. The molecule has 1 aromatic rings. The molecule has 0 aromatic heterocycles. The van der Waals surface area contributed by atoms with Crippen LogP contribution in [0, 0.1) is 0 Å². The van der Waals surface area contributed by atoms with Crippen molar-refractivity contribution in [1.82, 2.24) is 10.0 Å². The molecule has 8 heteroatoms. The van der Waals surface area contributed by atoms with Gasteiger partial charge in [0, 0.05) is 7.05 Å². The van der Waals surface area contributed by atoms with Crippen molar-refractivity contribution in [1.29, 1.82) is 0 Å². The van der Waals surface area contributed by atoms with E-state index in [1.54, 1.807) is 6.92 Å². The molecular formula is C12H16N2O5S. The minimum Gasteiger partial charge on any atom is -0.462 e. The van der Waals surface area contributed by atoms with E-state index in [0.717, 1.165) is 0 Å². The van der Waals surface area contributed by atoms with Gasteiger partial charge in [0.15, 0.2) is 0 Å². The SMILES string of the molecule is CCOC(=O)c1ccc(S(=O)(=O)NCC(=O)NC)cc1. The lowest BCUT2D eigenvalue weighted by Gasteiger charge is -2.07. The van der Waals surface area contributed by atoms with Gasteiger partial charge in [0.25, 0.3) is 0 Å². The van der Waals surface area contributed by atoms with Crippen molar-refractivity contribution in [2.24, 2.45) is 0 Å². The number of carbonyl (C=O) groups excluding carboxylic acids is 2. The zero-order valence-electron chi connectivity index (χ0n) is 11.2. The quantitative estimate of drug-likeness (QED) is 0.714. The van der Waals surface area contributed by atoms with Crippen molar-refractivity contribution in [3.8, 4) is 0 Å². The monoisotopic (exact) mass is 300 g/mol. The summed E-state index contributed by atoms with van der Waals surface area (Å²) >= 11 is 0. The second-order valence-corrected chi connectivity index (χ2v) is 5.51. The van der Waals surface area contributed by atoms with Crippen LogP contribution in [0.1, 0.15) is 17.3 Å². The summed E-state index contributed by atoms with van der Waals surface area (Å²) in [6.45, 7) is 1.57. The second-order valence-electron chi connectivity index (χ2n) is 3.74. The molecule has 0 fully saturated rings. The molecule has 0 unspecified atom stereocenters. The number of rotatable bonds is 6. The summed E-state index contributed by atoms with van der Waals surface area (Å²) < 4.78 is 30.6. The Bertz CT molecular complexity index is 580. The van der Waals surface area contributed by atoms with Gasteiger partial charge in [-0.1, -0.05) is 0 Å². The normalized spacial score (nSPS) is 10.9. The minimum atomic E-state index is -3.78. The highest BCUT2D eigenvalue weighted by atomic mass is 32.2. The molecule has 0 saturated heterocycles. The standard InChI is InChI=1S/C12H16N2O5S/c1-3-19-12(16)9-4-6-10(7-5-9)20(17,18)14-8-11(15)13-2/h4-7,14H,3,8H2,1-2H3,(H,13,15). The Labute approximate surface area is 117 Å². The molecule has 20 heavy (non-hydrogen) atoms. The molecule has 0 bridgehead atoms. The molecule has 7 nitrogen and oxygen atoms in total. The van der Waals surface area contributed by atoms with Crippen LogP contribution in [0.2, 0.25) is 0 Å². The van der Waals surface area contributed by atoms with Gasteiger partial charge < -0.3 is 10.1 Å². The fourth-order valence-corrected chi connectivity index (χ4v) is 2.30. The summed E-state index contributed by atoms with van der Waals surface area (Å²) in [4.78, 5) is 22.4. The van der Waals surface area contributed by atoms with E-state index >= 15 is 0 Å². The number of benzene rings is 1. The van der Waals surface area contributed by atoms with Crippen LogP contribution in [-0.4, -0.2) is 40.5 Å². The Kier molecular flexibility index (Phi) is 5.66. The van der Waals surface area contributed by atoms with E-state index in [2.05, 4.69) is 10.0 Å². The van der Waals surface area contributed by atoms with Gasteiger partial charge in [-0.15, -0.1) is 0 Å². The second kappa shape index (κ2) is 7.01. The maximum absolute atomic E-state index is 11.9. The summed E-state index contributed by atoms with van der Waals surface area (Å²) in [6.07, 6.45) is 0. The van der Waals surface area contributed by atoms with Crippen LogP contribution in [0.15, 0.2) is 29.2 Å². The Balaban J connectivity index is 2.81. The number of likely N-dealkylation sites (N-methyl/N-ethyl adjacent to an activating group) is 1. The van der Waals surface area contributed by atoms with Crippen molar-refractivity contribution in [2.45, 2.75) is 11.8 Å². The highest BCUT2D eigenvalue weighted by molar-refractivity contribution is 7.89. The first-order valence-corrected chi connectivity index (χ1v) is 7.36. The first-order chi connectivity index (χ1) is 9.40. The van der Waals surface area contributed by atoms with E-state index in [0.29, 0.717) is 0 Å². The number of amides is 1. The lowest BCUT2D eigenvalue weighted by molar-refractivity contribution is -0.119. The molecule has 0 heterocycles. The number of esters is 1. The first kappa shape index (κ1) is 16.1. The largest absolute Gasteiger partial charge is 0.462 e. The molecule has 0 aliphatic heterocycles. The van der Waals surface area contributed by atoms with Gasteiger partial charge in [-0.2, -0.15) is 0 Å². The molecule has 0 aliphatic rings. The van der Waals surface area contributed by atoms with Gasteiger partial charge in [-0.3, -0.25) is 4.79 Å². The van der Waals surface area contributed by atoms with Gasteiger partial charge in [0.1, 0.15) is 0 Å². The molecule has 2 N–H and O–H groups in total. The van der Waals surface area contributed by atoms with E-state index in [9.17, 15) is 18.0 Å². The molecule has 0 saturated carbocycles. The summed E-state index contributed by atoms with van der Waals surface area (Å²) in [7, 11) is -2.38. The van der Waals surface area contributed by atoms with Crippen LogP contribution in [-0.2, 0) is 19.6 Å². The third-order valence-electron chi connectivity index (χ3n) is 2.38. The van der Waals surface area contributed by atoms with Crippen molar-refractivity contribution in [2.75, 3.05) is 20.2 Å². The summed E-state index contributed by atoms with van der Waals surface area (Å²) in [6, 6.07) is 5.26. The average Bonchev–Trinajstić information content (AvgIpc) is 2.45. The van der Waals surface area contributed by atoms with Crippen LogP contribution in [0.3, 0.4) is 0 Å². The smallest absolute Gasteiger partial charge is 0.338 e. The van der Waals surface area contributed by atoms with Crippen molar-refractivity contribution in [3.05, 3.63) is 29.8 Å². The number of sulfonamides is 1. The summed E-state index contributed by atoms with van der Waals surface area (Å²) in [5.41, 5.74) is 0.261. The van der Waals surface area contributed by atoms with Gasteiger partial charge >= 0.3 is 5.97 Å². The number of hydrogen-bond donors (Lipinski definition) is 2. The molecule has 110 valence electrons. The lowest BCUT2D eigenvalue weighted by atomic mass is 10.2. The van der Waals surface area contributed by atoms with Crippen LogP contribution >= 0.6 is 0 Å². The van der Waals surface area contributed by atoms with Crippen LogP contribution in [0.4, 0.5) is 0 Å². The van der Waals surface area contributed by atoms with Gasteiger partial charge in [0.2, 0.25) is 15.9 Å². The molecule has 1 aromatic carbocycles. The van der Waals surface area contributed by atoms with Gasteiger partial charge in [0.05, 0.1) is 23.6 Å². The predicted molar refractivity (Wildman–Crippen MR) is 71.7 cm³/mol. The van der Waals surface area contributed by atoms with Crippen LogP contribution in [0.5, 0.6) is 0 Å². The maximum atomic E-state index is 11.9. The third-order valence-corrected chi connectivity index (χ3v) is 3.79. The van der Waals surface area contributed by atoms with E-state index in [1.807, 2.05) is 0 Å². The lowest BCUT2D eigenvalue weighted by Crippen LogP contribution is -2.35. The molecule has 0 radical (unpaired) electrons. The first-order valence-electron chi connectivity index (χ1n) is 5.88. The number of ether oxygens (including phenoxy) is 1. The van der Waals surface area contributed by atoms with E-state index < -0.39 is 21.9 Å². The topological polar surface area (TPSA) is 102 Å². The molecular weight excluding hydrogens is 284 g/mol. The van der Waals surface area contributed by atoms with Crippen molar-refractivity contribution < 1.29 is 22.7 Å². The van der Waals surface area contributed by atoms with Gasteiger partial charge in [-0.05, 0) is 31.2 Å². The zero-order chi connectivity index (χ0) is 15.2. The highest BCUT2D eigenvalue weighted by Gasteiger charge is 2.16. The number of hydrogen-bond acceptors (Lipinski definition) is 5. The minimum absolute atomic E-state index is 0.0329. The number of nitrogens with one attached hydrogen (secondary N) is 2. The van der Waals surface area contributed by atoms with E-state index in [4.69, 9.17) is 4.74 Å². The molecule has 1 rings (SSSR count). The Hall–Kier alpha value is -1.93. The Morgan fingerprint density at radius 3 is 2.30 bits per heavy atom. The molecule has 0 spiro atoms. The predicted octanol–water partition coefficient (Wildman–Crippen LogP) is -0.112. The van der Waals surface area contributed by atoms with Crippen molar-refractivity contribution >= 4 is 21.9 Å². The van der Waals surface area contributed by atoms with Crippen LogP contribution in [0.25, 0.3) is 0 Å².